The zero-order valence-electron chi connectivity index (χ0n) is 19.0. The molecule has 1 fully saturated rings. The van der Waals surface area contributed by atoms with E-state index in [-0.39, 0.29) is 18.5 Å². The minimum Gasteiger partial charge on any atom is -0.349 e. The second-order valence-corrected chi connectivity index (χ2v) is 9.30. The molecule has 1 aromatic carbocycles. The topological polar surface area (TPSA) is 91.4 Å². The van der Waals surface area contributed by atoms with Gasteiger partial charge in [-0.2, -0.15) is 0 Å². The number of hydrogen-bond donors (Lipinski definition) is 2. The molecule has 1 aromatic heterocycles. The number of benzene rings is 1. The monoisotopic (exact) mass is 436 g/mol. The van der Waals surface area contributed by atoms with Crippen molar-refractivity contribution in [1.29, 1.82) is 0 Å². The normalized spacial score (nSPS) is 15.1. The van der Waals surface area contributed by atoms with E-state index < -0.39 is 23.4 Å². The van der Waals surface area contributed by atoms with Crippen LogP contribution in [0, 0.1) is 0 Å². The number of rotatable bonds is 6. The number of carbonyl (C=O) groups excluding carboxylic acids is 3. The zero-order valence-corrected chi connectivity index (χ0v) is 19.0. The number of nitrogens with one attached hydrogen (secondary N) is 2. The molecule has 1 atom stereocenters. The summed E-state index contributed by atoms with van der Waals surface area (Å²) in [6.07, 6.45) is 7.10. The molecule has 2 aromatic rings. The van der Waals surface area contributed by atoms with Gasteiger partial charge in [0.2, 0.25) is 5.91 Å². The average molecular weight is 437 g/mol. The fourth-order valence-electron chi connectivity index (χ4n) is 3.96. The molecule has 32 heavy (non-hydrogen) atoms. The molecule has 7 heteroatoms. The van der Waals surface area contributed by atoms with Crippen LogP contribution < -0.4 is 10.6 Å². The Bertz CT molecular complexity index is 919. The van der Waals surface area contributed by atoms with Gasteiger partial charge in [0, 0.05) is 30.5 Å². The second-order valence-electron chi connectivity index (χ2n) is 9.30. The van der Waals surface area contributed by atoms with Crippen LogP contribution in [0.1, 0.15) is 63.6 Å². The lowest BCUT2D eigenvalue weighted by molar-refractivity contribution is -0.151. The van der Waals surface area contributed by atoms with Crippen LogP contribution in [0.3, 0.4) is 0 Å². The van der Waals surface area contributed by atoms with Crippen LogP contribution in [0.2, 0.25) is 0 Å². The lowest BCUT2D eigenvalue weighted by Crippen LogP contribution is -2.52. The number of hydrogen-bond acceptors (Lipinski definition) is 4. The summed E-state index contributed by atoms with van der Waals surface area (Å²) in [6, 6.07) is 11.7. The van der Waals surface area contributed by atoms with Gasteiger partial charge < -0.3 is 15.5 Å². The molecule has 0 saturated heterocycles. The van der Waals surface area contributed by atoms with Crippen LogP contribution in [-0.4, -0.2) is 39.2 Å². The first-order chi connectivity index (χ1) is 15.2. The summed E-state index contributed by atoms with van der Waals surface area (Å²) >= 11 is 0. The van der Waals surface area contributed by atoms with Crippen LogP contribution in [-0.2, 0) is 20.9 Å². The van der Waals surface area contributed by atoms with Gasteiger partial charge >= 0.3 is 11.8 Å². The Balaban J connectivity index is 1.97. The number of pyridine rings is 1. The van der Waals surface area contributed by atoms with Crippen molar-refractivity contribution in [1.82, 2.24) is 20.5 Å². The van der Waals surface area contributed by atoms with Crippen molar-refractivity contribution in [3.05, 3.63) is 66.0 Å². The van der Waals surface area contributed by atoms with Gasteiger partial charge in [-0.1, -0.05) is 49.2 Å². The minimum absolute atomic E-state index is 0.00488. The van der Waals surface area contributed by atoms with Gasteiger partial charge in [-0.05, 0) is 50.8 Å². The van der Waals surface area contributed by atoms with Gasteiger partial charge in [0.05, 0.1) is 0 Å². The molecule has 3 amide bonds. The van der Waals surface area contributed by atoms with Gasteiger partial charge in [-0.25, -0.2) is 0 Å². The smallest absolute Gasteiger partial charge is 0.313 e. The summed E-state index contributed by atoms with van der Waals surface area (Å²) in [6.45, 7) is 5.73. The molecule has 0 unspecified atom stereocenters. The largest absolute Gasteiger partial charge is 0.349 e. The van der Waals surface area contributed by atoms with Crippen molar-refractivity contribution in [2.45, 2.75) is 70.6 Å². The first-order valence-corrected chi connectivity index (χ1v) is 11.1. The molecule has 0 spiro atoms. The highest BCUT2D eigenvalue weighted by Crippen LogP contribution is 2.25. The Morgan fingerprint density at radius 3 is 2.34 bits per heavy atom. The number of amides is 3. The maximum Gasteiger partial charge on any atom is 0.313 e. The van der Waals surface area contributed by atoms with Crippen LogP contribution in [0.25, 0.3) is 0 Å². The summed E-state index contributed by atoms with van der Waals surface area (Å²) in [5.41, 5.74) is 0.873. The molecular weight excluding hydrogens is 404 g/mol. The molecule has 170 valence electrons. The molecule has 0 bridgehead atoms. The van der Waals surface area contributed by atoms with Crippen LogP contribution in [0.4, 0.5) is 0 Å². The van der Waals surface area contributed by atoms with E-state index in [1.807, 2.05) is 45.0 Å². The second kappa shape index (κ2) is 10.4. The molecule has 1 heterocycles. The number of aromatic nitrogens is 1. The van der Waals surface area contributed by atoms with E-state index in [4.69, 9.17) is 0 Å². The van der Waals surface area contributed by atoms with Gasteiger partial charge in [-0.3, -0.25) is 19.4 Å². The first kappa shape index (κ1) is 23.4. The van der Waals surface area contributed by atoms with Crippen LogP contribution >= 0.6 is 0 Å². The predicted octanol–water partition coefficient (Wildman–Crippen LogP) is 3.13. The highest BCUT2D eigenvalue weighted by atomic mass is 16.2. The van der Waals surface area contributed by atoms with E-state index in [9.17, 15) is 14.4 Å². The first-order valence-electron chi connectivity index (χ1n) is 11.1. The van der Waals surface area contributed by atoms with Crippen LogP contribution in [0.15, 0.2) is 54.9 Å². The molecule has 0 aliphatic heterocycles. The standard InChI is InChI=1S/C25H32N4O3/c1-25(2,3)28-22(30)21(19-11-5-4-6-12-19)29(17-18-10-9-15-26-16-18)24(32)23(31)27-20-13-7-8-14-20/h4-6,9-12,15-16,20-21H,7-8,13-14,17H2,1-3H3,(H,27,31)(H,28,30)/t21-/m0/s1. The maximum absolute atomic E-state index is 13.4. The third-order valence-corrected chi connectivity index (χ3v) is 5.39. The van der Waals surface area contributed by atoms with E-state index in [2.05, 4.69) is 15.6 Å². The SMILES string of the molecule is CC(C)(C)NC(=O)[C@H](c1ccccc1)N(Cc1cccnc1)C(=O)C(=O)NC1CCCC1. The molecule has 1 aliphatic carbocycles. The Kier molecular flexibility index (Phi) is 7.62. The molecule has 7 nitrogen and oxygen atoms in total. The zero-order chi connectivity index (χ0) is 23.1. The Morgan fingerprint density at radius 1 is 1.06 bits per heavy atom. The van der Waals surface area contributed by atoms with Crippen molar-refractivity contribution in [2.24, 2.45) is 0 Å². The van der Waals surface area contributed by atoms with E-state index in [1.165, 1.54) is 4.90 Å². The lowest BCUT2D eigenvalue weighted by atomic mass is 10.0. The van der Waals surface area contributed by atoms with E-state index >= 15 is 0 Å². The minimum atomic E-state index is -0.961. The fraction of sp³-hybridized carbons (Fsp3) is 0.440. The summed E-state index contributed by atoms with van der Waals surface area (Å²) in [5, 5.41) is 5.83. The highest BCUT2D eigenvalue weighted by Gasteiger charge is 2.36. The highest BCUT2D eigenvalue weighted by molar-refractivity contribution is 6.35. The quantitative estimate of drug-likeness (QED) is 0.681. The summed E-state index contributed by atoms with van der Waals surface area (Å²) < 4.78 is 0. The average Bonchev–Trinajstić information content (AvgIpc) is 3.26. The lowest BCUT2D eigenvalue weighted by Gasteiger charge is -2.33. The van der Waals surface area contributed by atoms with Crippen molar-refractivity contribution < 1.29 is 14.4 Å². The molecule has 3 rings (SSSR count). The molecular formula is C25H32N4O3. The molecule has 1 saturated carbocycles. The molecule has 1 aliphatic rings. The Morgan fingerprint density at radius 2 is 1.75 bits per heavy atom. The van der Waals surface area contributed by atoms with E-state index in [0.717, 1.165) is 31.2 Å². The van der Waals surface area contributed by atoms with Crippen molar-refractivity contribution >= 4 is 17.7 Å². The Labute approximate surface area is 189 Å². The van der Waals surface area contributed by atoms with E-state index in [0.29, 0.717) is 5.56 Å². The molecule has 2 N–H and O–H groups in total. The van der Waals surface area contributed by atoms with Gasteiger partial charge in [0.25, 0.3) is 0 Å². The van der Waals surface area contributed by atoms with Crippen LogP contribution in [0.5, 0.6) is 0 Å². The molecule has 0 radical (unpaired) electrons. The van der Waals surface area contributed by atoms with Gasteiger partial charge in [0.1, 0.15) is 6.04 Å². The maximum atomic E-state index is 13.4. The number of carbonyl (C=O) groups is 3. The van der Waals surface area contributed by atoms with Gasteiger partial charge in [0.15, 0.2) is 0 Å². The fourth-order valence-corrected chi connectivity index (χ4v) is 3.96. The Hall–Kier alpha value is -3.22. The number of nitrogens with zero attached hydrogens (tertiary/aromatic N) is 2. The van der Waals surface area contributed by atoms with Gasteiger partial charge in [-0.15, -0.1) is 0 Å². The summed E-state index contributed by atoms with van der Waals surface area (Å²) in [7, 11) is 0. The summed E-state index contributed by atoms with van der Waals surface area (Å²) in [5.74, 6) is -1.74. The summed E-state index contributed by atoms with van der Waals surface area (Å²) in [4.78, 5) is 45.2. The predicted molar refractivity (Wildman–Crippen MR) is 122 cm³/mol. The third kappa shape index (κ3) is 6.39. The van der Waals surface area contributed by atoms with Crippen molar-refractivity contribution in [3.63, 3.8) is 0 Å². The third-order valence-electron chi connectivity index (χ3n) is 5.39. The van der Waals surface area contributed by atoms with E-state index in [1.54, 1.807) is 30.6 Å². The van der Waals surface area contributed by atoms with Crippen molar-refractivity contribution in [3.8, 4) is 0 Å². The van der Waals surface area contributed by atoms with Crippen molar-refractivity contribution in [2.75, 3.05) is 0 Å².